The minimum absolute atomic E-state index is 0.136. The molecule has 0 saturated heterocycles. The summed E-state index contributed by atoms with van der Waals surface area (Å²) >= 11 is 0. The topological polar surface area (TPSA) is 29.5 Å². The number of rotatable bonds is 6. The van der Waals surface area contributed by atoms with Gasteiger partial charge < -0.3 is 9.64 Å². The van der Waals surface area contributed by atoms with Crippen LogP contribution in [0.15, 0.2) is 42.5 Å². The lowest BCUT2D eigenvalue weighted by molar-refractivity contribution is 0.0653. The summed E-state index contributed by atoms with van der Waals surface area (Å²) in [6, 6.07) is 14.4. The average molecular weight is 337 g/mol. The largest absolute Gasteiger partial charge is 0.497 e. The molecule has 1 aliphatic rings. The Labute approximate surface area is 150 Å². The predicted molar refractivity (Wildman–Crippen MR) is 101 cm³/mol. The van der Waals surface area contributed by atoms with Gasteiger partial charge in [0.2, 0.25) is 0 Å². The molecule has 0 heterocycles. The summed E-state index contributed by atoms with van der Waals surface area (Å²) in [6.45, 7) is 6.87. The number of hydrogen-bond donors (Lipinski definition) is 0. The van der Waals surface area contributed by atoms with E-state index in [0.29, 0.717) is 12.5 Å². The number of methoxy groups -OCH3 is 1. The minimum atomic E-state index is 0.136. The molecule has 3 heteroatoms. The van der Waals surface area contributed by atoms with Gasteiger partial charge in [0, 0.05) is 18.2 Å². The Kier molecular flexibility index (Phi) is 5.12. The van der Waals surface area contributed by atoms with Crippen molar-refractivity contribution in [1.29, 1.82) is 0 Å². The van der Waals surface area contributed by atoms with E-state index < -0.39 is 0 Å². The van der Waals surface area contributed by atoms with Crippen LogP contribution >= 0.6 is 0 Å². The van der Waals surface area contributed by atoms with Gasteiger partial charge >= 0.3 is 0 Å². The highest BCUT2D eigenvalue weighted by Gasteiger charge is 2.35. The zero-order valence-electron chi connectivity index (χ0n) is 15.6. The van der Waals surface area contributed by atoms with E-state index in [9.17, 15) is 4.79 Å². The number of nitrogens with zero attached hydrogens (tertiary/aromatic N) is 1. The summed E-state index contributed by atoms with van der Waals surface area (Å²) in [4.78, 5) is 15.4. The molecule has 1 aliphatic carbocycles. The van der Waals surface area contributed by atoms with Gasteiger partial charge in [-0.1, -0.05) is 29.8 Å². The van der Waals surface area contributed by atoms with Crippen LogP contribution < -0.4 is 4.74 Å². The predicted octanol–water partition coefficient (Wildman–Crippen LogP) is 4.75. The van der Waals surface area contributed by atoms with Gasteiger partial charge in [0.1, 0.15) is 5.75 Å². The Morgan fingerprint density at radius 1 is 1.16 bits per heavy atom. The first-order chi connectivity index (χ1) is 12.0. The van der Waals surface area contributed by atoms with Crippen molar-refractivity contribution < 1.29 is 9.53 Å². The van der Waals surface area contributed by atoms with E-state index in [1.807, 2.05) is 55.1 Å². The summed E-state index contributed by atoms with van der Waals surface area (Å²) in [5.74, 6) is 1.61. The van der Waals surface area contributed by atoms with E-state index in [1.54, 1.807) is 7.11 Å². The van der Waals surface area contributed by atoms with Gasteiger partial charge in [-0.25, -0.2) is 0 Å². The fraction of sp³-hybridized carbons (Fsp3) is 0.409. The molecule has 1 saturated carbocycles. The van der Waals surface area contributed by atoms with Gasteiger partial charge in [-0.2, -0.15) is 0 Å². The van der Waals surface area contributed by atoms with Gasteiger partial charge in [-0.05, 0) is 68.9 Å². The maximum atomic E-state index is 13.3. The van der Waals surface area contributed by atoms with Crippen molar-refractivity contribution in [3.05, 3.63) is 64.7 Å². The lowest BCUT2D eigenvalue weighted by atomic mass is 10.0. The first kappa shape index (κ1) is 17.5. The SMILES string of the molecule is COc1ccc(CN(C(=O)c2cc(C)ccc2C)C(C)C2CC2)cc1. The highest BCUT2D eigenvalue weighted by atomic mass is 16.5. The quantitative estimate of drug-likeness (QED) is 0.761. The fourth-order valence-electron chi connectivity index (χ4n) is 3.28. The zero-order chi connectivity index (χ0) is 18.0. The number of carbonyl (C=O) groups is 1. The van der Waals surface area contributed by atoms with Crippen molar-refractivity contribution in [3.8, 4) is 5.75 Å². The summed E-state index contributed by atoms with van der Waals surface area (Å²) in [5, 5.41) is 0. The molecule has 2 aromatic carbocycles. The summed E-state index contributed by atoms with van der Waals surface area (Å²) in [7, 11) is 1.67. The first-order valence-electron chi connectivity index (χ1n) is 9.00. The maximum Gasteiger partial charge on any atom is 0.254 e. The van der Waals surface area contributed by atoms with Crippen LogP contribution in [0.1, 0.15) is 46.8 Å². The number of benzene rings is 2. The number of hydrogen-bond acceptors (Lipinski definition) is 2. The molecule has 0 radical (unpaired) electrons. The smallest absolute Gasteiger partial charge is 0.254 e. The van der Waals surface area contributed by atoms with E-state index in [2.05, 4.69) is 13.0 Å². The third kappa shape index (κ3) is 4.04. The number of amides is 1. The van der Waals surface area contributed by atoms with Gasteiger partial charge in [0.15, 0.2) is 0 Å². The van der Waals surface area contributed by atoms with Crippen molar-refractivity contribution in [2.75, 3.05) is 7.11 Å². The number of aryl methyl sites for hydroxylation is 2. The Morgan fingerprint density at radius 3 is 2.44 bits per heavy atom. The first-order valence-corrected chi connectivity index (χ1v) is 9.00. The summed E-state index contributed by atoms with van der Waals surface area (Å²) < 4.78 is 5.23. The van der Waals surface area contributed by atoms with Crippen LogP contribution in [0, 0.1) is 19.8 Å². The molecule has 0 aliphatic heterocycles. The van der Waals surface area contributed by atoms with Gasteiger partial charge in [0.25, 0.3) is 5.91 Å². The molecule has 132 valence electrons. The molecule has 0 spiro atoms. The van der Waals surface area contributed by atoms with Crippen LogP contribution in [0.3, 0.4) is 0 Å². The van der Waals surface area contributed by atoms with Crippen molar-refractivity contribution >= 4 is 5.91 Å². The Morgan fingerprint density at radius 2 is 1.84 bits per heavy atom. The molecule has 3 rings (SSSR count). The number of ether oxygens (including phenoxy) is 1. The molecular formula is C22H27NO2. The maximum absolute atomic E-state index is 13.3. The molecule has 1 atom stereocenters. The molecule has 1 unspecified atom stereocenters. The lowest BCUT2D eigenvalue weighted by Gasteiger charge is -2.30. The highest BCUT2D eigenvalue weighted by molar-refractivity contribution is 5.96. The number of carbonyl (C=O) groups excluding carboxylic acids is 1. The second-order valence-corrected chi connectivity index (χ2v) is 7.18. The second-order valence-electron chi connectivity index (χ2n) is 7.18. The molecule has 0 N–H and O–H groups in total. The molecule has 2 aromatic rings. The Bertz CT molecular complexity index is 747. The van der Waals surface area contributed by atoms with Crippen LogP contribution in [-0.2, 0) is 6.54 Å². The van der Waals surface area contributed by atoms with Gasteiger partial charge in [0.05, 0.1) is 7.11 Å². The molecule has 1 fully saturated rings. The highest BCUT2D eigenvalue weighted by Crippen LogP contribution is 2.36. The van der Waals surface area contributed by atoms with E-state index in [4.69, 9.17) is 4.74 Å². The zero-order valence-corrected chi connectivity index (χ0v) is 15.6. The Balaban J connectivity index is 1.88. The molecular weight excluding hydrogens is 310 g/mol. The van der Waals surface area contributed by atoms with Crippen LogP contribution in [-0.4, -0.2) is 24.0 Å². The minimum Gasteiger partial charge on any atom is -0.497 e. The van der Waals surface area contributed by atoms with Gasteiger partial charge in [-0.3, -0.25) is 4.79 Å². The molecule has 1 amide bonds. The van der Waals surface area contributed by atoms with E-state index in [1.165, 1.54) is 12.8 Å². The van der Waals surface area contributed by atoms with Gasteiger partial charge in [-0.15, -0.1) is 0 Å². The lowest BCUT2D eigenvalue weighted by Crippen LogP contribution is -2.39. The average Bonchev–Trinajstić information content (AvgIpc) is 3.46. The van der Waals surface area contributed by atoms with Crippen molar-refractivity contribution in [1.82, 2.24) is 4.90 Å². The van der Waals surface area contributed by atoms with Crippen LogP contribution in [0.5, 0.6) is 5.75 Å². The van der Waals surface area contributed by atoms with Crippen molar-refractivity contribution in [2.24, 2.45) is 5.92 Å². The molecule has 25 heavy (non-hydrogen) atoms. The van der Waals surface area contributed by atoms with Crippen molar-refractivity contribution in [3.63, 3.8) is 0 Å². The van der Waals surface area contributed by atoms with Crippen LogP contribution in [0.4, 0.5) is 0 Å². The molecule has 0 bridgehead atoms. The van der Waals surface area contributed by atoms with E-state index in [-0.39, 0.29) is 11.9 Å². The second kappa shape index (κ2) is 7.30. The molecule has 3 nitrogen and oxygen atoms in total. The normalized spacial score (nSPS) is 14.9. The van der Waals surface area contributed by atoms with E-state index in [0.717, 1.165) is 28.0 Å². The van der Waals surface area contributed by atoms with E-state index >= 15 is 0 Å². The van der Waals surface area contributed by atoms with Crippen LogP contribution in [0.2, 0.25) is 0 Å². The molecule has 0 aromatic heterocycles. The van der Waals surface area contributed by atoms with Crippen molar-refractivity contribution in [2.45, 2.75) is 46.2 Å². The third-order valence-corrected chi connectivity index (χ3v) is 5.19. The Hall–Kier alpha value is -2.29. The fourth-order valence-corrected chi connectivity index (χ4v) is 3.28. The monoisotopic (exact) mass is 337 g/mol. The van der Waals surface area contributed by atoms with Crippen LogP contribution in [0.25, 0.3) is 0 Å². The summed E-state index contributed by atoms with van der Waals surface area (Å²) in [6.07, 6.45) is 2.45. The third-order valence-electron chi connectivity index (χ3n) is 5.19. The standard InChI is InChI=1S/C22H27NO2/c1-15-5-6-16(2)21(13-15)22(24)23(17(3)19-9-10-19)14-18-7-11-20(25-4)12-8-18/h5-8,11-13,17,19H,9-10,14H2,1-4H3. The summed E-state index contributed by atoms with van der Waals surface area (Å²) in [5.41, 5.74) is 4.11.